The first kappa shape index (κ1) is 15.1. The monoisotopic (exact) mass is 326 g/mol. The summed E-state index contributed by atoms with van der Waals surface area (Å²) in [5.41, 5.74) is 2.00. The molecule has 0 radical (unpaired) electrons. The zero-order chi connectivity index (χ0) is 16.7. The molecule has 0 aliphatic carbocycles. The molecule has 1 N–H and O–H groups in total. The van der Waals surface area contributed by atoms with Gasteiger partial charge >= 0.3 is 6.03 Å². The van der Waals surface area contributed by atoms with E-state index in [1.54, 1.807) is 17.1 Å². The molecule has 2 aliphatic rings. The molecule has 2 fully saturated rings. The van der Waals surface area contributed by atoms with E-state index in [9.17, 15) is 4.79 Å². The smallest absolute Gasteiger partial charge is 0.323 e. The zero-order valence-corrected chi connectivity index (χ0v) is 14.0. The molecule has 2 amide bonds. The fraction of sp³-hybridized carbons (Fsp3) is 0.471. The highest BCUT2D eigenvalue weighted by Gasteiger charge is 2.40. The number of carbonyl (C=O) groups is 1. The number of pyridine rings is 1. The van der Waals surface area contributed by atoms with Crippen molar-refractivity contribution >= 4 is 11.8 Å². The molecule has 4 heterocycles. The van der Waals surface area contributed by atoms with Crippen LogP contribution in [0.3, 0.4) is 0 Å². The van der Waals surface area contributed by atoms with E-state index in [1.807, 2.05) is 30.3 Å². The lowest BCUT2D eigenvalue weighted by Gasteiger charge is -2.19. The van der Waals surface area contributed by atoms with E-state index < -0.39 is 0 Å². The quantitative estimate of drug-likeness (QED) is 0.908. The van der Waals surface area contributed by atoms with Gasteiger partial charge in [-0.15, -0.1) is 0 Å². The summed E-state index contributed by atoms with van der Waals surface area (Å²) in [6.45, 7) is 3.85. The van der Waals surface area contributed by atoms with Crippen molar-refractivity contribution < 1.29 is 4.79 Å². The lowest BCUT2D eigenvalue weighted by atomic mass is 10.0. The van der Waals surface area contributed by atoms with Crippen LogP contribution in [0, 0.1) is 11.8 Å². The summed E-state index contributed by atoms with van der Waals surface area (Å²) in [6, 6.07) is 3.76. The topological polar surface area (TPSA) is 66.3 Å². The first-order chi connectivity index (χ1) is 11.6. The van der Waals surface area contributed by atoms with Crippen LogP contribution in [-0.4, -0.2) is 63.8 Å². The normalized spacial score (nSPS) is 23.5. The lowest BCUT2D eigenvalue weighted by Crippen LogP contribution is -2.35. The fourth-order valence-corrected chi connectivity index (χ4v) is 3.83. The van der Waals surface area contributed by atoms with Gasteiger partial charge in [0.2, 0.25) is 0 Å². The molecule has 0 aromatic carbocycles. The molecule has 7 heteroatoms. The molecule has 0 bridgehead atoms. The molecule has 2 saturated heterocycles. The fourth-order valence-electron chi connectivity index (χ4n) is 3.83. The average molecular weight is 326 g/mol. The largest absolute Gasteiger partial charge is 0.324 e. The van der Waals surface area contributed by atoms with Crippen molar-refractivity contribution in [1.29, 1.82) is 0 Å². The standard InChI is InChI=1S/C17H22N6O/c1-21-7-14-10-23(11-15(14)8-21)17(24)20-16-5-12(3-4-18-16)13-6-19-22(2)9-13/h3-6,9,14-15H,7-8,10-11H2,1-2H3,(H,18,20,24)/t14-,15+. The number of anilines is 1. The van der Waals surface area contributed by atoms with Gasteiger partial charge in [0.1, 0.15) is 5.82 Å². The predicted octanol–water partition coefficient (Wildman–Crippen LogP) is 1.51. The van der Waals surface area contributed by atoms with E-state index in [0.29, 0.717) is 17.7 Å². The maximum atomic E-state index is 12.5. The van der Waals surface area contributed by atoms with Crippen molar-refractivity contribution in [3.05, 3.63) is 30.7 Å². The third-order valence-electron chi connectivity index (χ3n) is 4.99. The molecule has 7 nitrogen and oxygen atoms in total. The van der Waals surface area contributed by atoms with E-state index in [0.717, 1.165) is 37.3 Å². The maximum absolute atomic E-state index is 12.5. The van der Waals surface area contributed by atoms with Crippen LogP contribution in [0.4, 0.5) is 10.6 Å². The van der Waals surface area contributed by atoms with Crippen molar-refractivity contribution in [3.8, 4) is 11.1 Å². The Kier molecular flexibility index (Phi) is 3.72. The summed E-state index contributed by atoms with van der Waals surface area (Å²) in [5.74, 6) is 1.79. The van der Waals surface area contributed by atoms with Gasteiger partial charge in [-0.05, 0) is 36.6 Å². The van der Waals surface area contributed by atoms with Gasteiger partial charge in [-0.25, -0.2) is 9.78 Å². The summed E-state index contributed by atoms with van der Waals surface area (Å²) in [6.07, 6.45) is 5.46. The van der Waals surface area contributed by atoms with E-state index in [4.69, 9.17) is 0 Å². The first-order valence-electron chi connectivity index (χ1n) is 8.28. The zero-order valence-electron chi connectivity index (χ0n) is 14.0. The van der Waals surface area contributed by atoms with Gasteiger partial charge in [-0.1, -0.05) is 0 Å². The maximum Gasteiger partial charge on any atom is 0.323 e. The number of hydrogen-bond donors (Lipinski definition) is 1. The van der Waals surface area contributed by atoms with E-state index >= 15 is 0 Å². The van der Waals surface area contributed by atoms with Gasteiger partial charge in [0.05, 0.1) is 6.20 Å². The van der Waals surface area contributed by atoms with E-state index in [-0.39, 0.29) is 6.03 Å². The molecule has 0 unspecified atom stereocenters. The number of likely N-dealkylation sites (tertiary alicyclic amines) is 2. The number of carbonyl (C=O) groups excluding carboxylic acids is 1. The number of fused-ring (bicyclic) bond motifs is 1. The highest BCUT2D eigenvalue weighted by atomic mass is 16.2. The van der Waals surface area contributed by atoms with Gasteiger partial charge < -0.3 is 9.80 Å². The highest BCUT2D eigenvalue weighted by molar-refractivity contribution is 5.89. The summed E-state index contributed by atoms with van der Waals surface area (Å²) < 4.78 is 1.76. The van der Waals surface area contributed by atoms with E-state index in [1.165, 1.54) is 0 Å². The highest BCUT2D eigenvalue weighted by Crippen LogP contribution is 2.30. The summed E-state index contributed by atoms with van der Waals surface area (Å²) in [4.78, 5) is 21.1. The molecule has 2 atom stereocenters. The molecule has 4 rings (SSSR count). The number of hydrogen-bond acceptors (Lipinski definition) is 4. The van der Waals surface area contributed by atoms with Crippen LogP contribution in [0.1, 0.15) is 0 Å². The Morgan fingerprint density at radius 1 is 1.17 bits per heavy atom. The second-order valence-electron chi connectivity index (χ2n) is 6.91. The predicted molar refractivity (Wildman–Crippen MR) is 91.5 cm³/mol. The third-order valence-corrected chi connectivity index (χ3v) is 4.99. The first-order valence-corrected chi connectivity index (χ1v) is 8.28. The Labute approximate surface area is 141 Å². The van der Waals surface area contributed by atoms with E-state index in [2.05, 4.69) is 27.3 Å². The van der Waals surface area contributed by atoms with Gasteiger partial charge in [-0.3, -0.25) is 10.00 Å². The molecule has 2 aromatic rings. The van der Waals surface area contributed by atoms with Crippen molar-refractivity contribution in [3.63, 3.8) is 0 Å². The van der Waals surface area contributed by atoms with Gasteiger partial charge in [0.15, 0.2) is 0 Å². The Hall–Kier alpha value is -2.41. The molecule has 24 heavy (non-hydrogen) atoms. The second-order valence-corrected chi connectivity index (χ2v) is 6.91. The summed E-state index contributed by atoms with van der Waals surface area (Å²) in [5, 5.41) is 7.12. The number of amides is 2. The SMILES string of the molecule is CN1C[C@@H]2CN(C(=O)Nc3cc(-c4cnn(C)c4)ccn3)C[C@@H]2C1. The minimum absolute atomic E-state index is 0.0529. The molecule has 2 aliphatic heterocycles. The van der Waals surface area contributed by atoms with Crippen LogP contribution >= 0.6 is 0 Å². The summed E-state index contributed by atoms with van der Waals surface area (Å²) in [7, 11) is 4.03. The molecule has 126 valence electrons. The number of nitrogens with zero attached hydrogens (tertiary/aromatic N) is 5. The number of aromatic nitrogens is 3. The Morgan fingerprint density at radius 2 is 1.92 bits per heavy atom. The number of rotatable bonds is 2. The Balaban J connectivity index is 1.43. The van der Waals surface area contributed by atoms with Crippen LogP contribution < -0.4 is 5.32 Å². The number of aryl methyl sites for hydroxylation is 1. The van der Waals surface area contributed by atoms with Crippen LogP contribution in [0.2, 0.25) is 0 Å². The van der Waals surface area contributed by atoms with Crippen LogP contribution in [-0.2, 0) is 7.05 Å². The molecule has 0 spiro atoms. The van der Waals surface area contributed by atoms with Crippen LogP contribution in [0.25, 0.3) is 11.1 Å². The molecule has 0 saturated carbocycles. The lowest BCUT2D eigenvalue weighted by molar-refractivity contribution is 0.215. The van der Waals surface area contributed by atoms with Gasteiger partial charge in [-0.2, -0.15) is 5.10 Å². The second kappa shape index (κ2) is 5.90. The molecule has 2 aromatic heterocycles. The minimum atomic E-state index is -0.0529. The molecular formula is C17H22N6O. The Bertz CT molecular complexity index is 743. The Morgan fingerprint density at radius 3 is 2.58 bits per heavy atom. The van der Waals surface area contributed by atoms with Crippen LogP contribution in [0.5, 0.6) is 0 Å². The van der Waals surface area contributed by atoms with Gasteiger partial charge in [0.25, 0.3) is 0 Å². The number of nitrogens with one attached hydrogen (secondary N) is 1. The molecular weight excluding hydrogens is 304 g/mol. The van der Waals surface area contributed by atoms with Crippen molar-refractivity contribution in [2.75, 3.05) is 38.5 Å². The third kappa shape index (κ3) is 2.87. The minimum Gasteiger partial charge on any atom is -0.324 e. The van der Waals surface area contributed by atoms with Crippen molar-refractivity contribution in [2.45, 2.75) is 0 Å². The van der Waals surface area contributed by atoms with Crippen LogP contribution in [0.15, 0.2) is 30.7 Å². The van der Waals surface area contributed by atoms with Crippen molar-refractivity contribution in [1.82, 2.24) is 24.6 Å². The van der Waals surface area contributed by atoms with Crippen molar-refractivity contribution in [2.24, 2.45) is 18.9 Å². The van der Waals surface area contributed by atoms with Gasteiger partial charge in [0, 0.05) is 51.2 Å². The summed E-state index contributed by atoms with van der Waals surface area (Å²) >= 11 is 0. The number of urea groups is 1. The average Bonchev–Trinajstić information content (AvgIpc) is 3.22.